The van der Waals surface area contributed by atoms with Gasteiger partial charge in [-0.2, -0.15) is 5.10 Å². The van der Waals surface area contributed by atoms with Crippen molar-refractivity contribution in [3.8, 4) is 11.5 Å². The number of carbonyl (C=O) groups excluding carboxylic acids is 1. The van der Waals surface area contributed by atoms with E-state index in [2.05, 4.69) is 10.5 Å². The van der Waals surface area contributed by atoms with Crippen molar-refractivity contribution >= 4 is 23.7 Å². The number of hydrazone groups is 1. The van der Waals surface area contributed by atoms with E-state index < -0.39 is 11.7 Å². The third-order valence-electron chi connectivity index (χ3n) is 3.20. The molecule has 0 aliphatic carbocycles. The van der Waals surface area contributed by atoms with Crippen molar-refractivity contribution in [3.63, 3.8) is 0 Å². The molecule has 0 fully saturated rings. The van der Waals surface area contributed by atoms with Crippen LogP contribution < -0.4 is 14.9 Å². The zero-order valence-corrected chi connectivity index (χ0v) is 14.6. The van der Waals surface area contributed by atoms with Crippen LogP contribution in [0.5, 0.6) is 11.5 Å². The zero-order valence-electron chi connectivity index (χ0n) is 13.9. The van der Waals surface area contributed by atoms with Gasteiger partial charge in [0.05, 0.1) is 30.5 Å². The molecule has 1 amide bonds. The number of nitrogens with one attached hydrogen (secondary N) is 1. The van der Waals surface area contributed by atoms with Crippen LogP contribution in [0, 0.1) is 5.82 Å². The molecule has 132 valence electrons. The van der Waals surface area contributed by atoms with Crippen LogP contribution in [0.4, 0.5) is 4.39 Å². The van der Waals surface area contributed by atoms with E-state index in [4.69, 9.17) is 21.1 Å². The summed E-state index contributed by atoms with van der Waals surface area (Å²) in [6.07, 6.45) is 2.22. The maximum atomic E-state index is 13.5. The van der Waals surface area contributed by atoms with Crippen LogP contribution in [-0.2, 0) is 0 Å². The second kappa shape index (κ2) is 9.03. The maximum absolute atomic E-state index is 13.5. The molecular weight excluding hydrogens is 347 g/mol. The number of amides is 1. The van der Waals surface area contributed by atoms with E-state index in [-0.39, 0.29) is 5.56 Å². The van der Waals surface area contributed by atoms with E-state index in [9.17, 15) is 9.18 Å². The van der Waals surface area contributed by atoms with E-state index in [1.165, 1.54) is 31.5 Å². The number of rotatable bonds is 7. The number of hydrogen-bond donors (Lipinski definition) is 1. The molecule has 0 saturated carbocycles. The summed E-state index contributed by atoms with van der Waals surface area (Å²) in [6.45, 7) is 2.50. The summed E-state index contributed by atoms with van der Waals surface area (Å²) >= 11 is 6.20. The fraction of sp³-hybridized carbons (Fsp3) is 0.222. The molecule has 7 heteroatoms. The Bertz CT molecular complexity index is 781. The Morgan fingerprint density at radius 1 is 1.36 bits per heavy atom. The molecule has 0 saturated heterocycles. The molecule has 5 nitrogen and oxygen atoms in total. The summed E-state index contributed by atoms with van der Waals surface area (Å²) in [7, 11) is 1.51. The van der Waals surface area contributed by atoms with Crippen molar-refractivity contribution < 1.29 is 18.7 Å². The number of carbonyl (C=O) groups is 1. The summed E-state index contributed by atoms with van der Waals surface area (Å²) in [5.41, 5.74) is 2.78. The summed E-state index contributed by atoms with van der Waals surface area (Å²) in [5.74, 6) is -0.339. The first kappa shape index (κ1) is 18.7. The lowest BCUT2D eigenvalue weighted by atomic mass is 10.2. The van der Waals surface area contributed by atoms with Gasteiger partial charge in [-0.15, -0.1) is 0 Å². The molecule has 1 N–H and O–H groups in total. The predicted molar refractivity (Wildman–Crippen MR) is 95.3 cm³/mol. The minimum Gasteiger partial charge on any atom is -0.493 e. The van der Waals surface area contributed by atoms with Gasteiger partial charge < -0.3 is 9.47 Å². The first-order chi connectivity index (χ1) is 12.1. The van der Waals surface area contributed by atoms with Gasteiger partial charge in [-0.3, -0.25) is 4.79 Å². The third-order valence-corrected chi connectivity index (χ3v) is 3.48. The van der Waals surface area contributed by atoms with Gasteiger partial charge in [0.2, 0.25) is 0 Å². The Morgan fingerprint density at radius 2 is 2.12 bits per heavy atom. The van der Waals surface area contributed by atoms with Crippen LogP contribution in [0.1, 0.15) is 29.3 Å². The Hall–Kier alpha value is -2.60. The van der Waals surface area contributed by atoms with Crippen LogP contribution >= 0.6 is 11.6 Å². The minimum absolute atomic E-state index is 0.0847. The highest BCUT2D eigenvalue weighted by Gasteiger charge is 2.12. The molecule has 2 rings (SSSR count). The monoisotopic (exact) mass is 364 g/mol. The van der Waals surface area contributed by atoms with E-state index in [1.54, 1.807) is 18.2 Å². The Morgan fingerprint density at radius 3 is 2.80 bits per heavy atom. The smallest absolute Gasteiger partial charge is 0.274 e. The second-order valence-electron chi connectivity index (χ2n) is 5.06. The molecule has 0 unspecified atom stereocenters. The van der Waals surface area contributed by atoms with Crippen molar-refractivity contribution in [1.29, 1.82) is 0 Å². The molecule has 2 aromatic rings. The highest BCUT2D eigenvalue weighted by Crippen LogP contribution is 2.36. The van der Waals surface area contributed by atoms with Crippen LogP contribution in [0.2, 0.25) is 5.02 Å². The Labute approximate surface area is 150 Å². The van der Waals surface area contributed by atoms with E-state index in [1.807, 2.05) is 6.92 Å². The molecule has 0 aromatic heterocycles. The molecule has 0 bridgehead atoms. The number of benzene rings is 2. The standard InChI is InChI=1S/C18H18ClFN2O3/c1-3-8-25-17-14(19)9-12(10-16(17)24-2)11-21-22-18(23)13-6-4-5-7-15(13)20/h4-7,9-11H,3,8H2,1-2H3,(H,22,23)/b21-11-. The fourth-order valence-electron chi connectivity index (χ4n) is 2.03. The first-order valence-corrected chi connectivity index (χ1v) is 8.02. The summed E-state index contributed by atoms with van der Waals surface area (Å²) in [4.78, 5) is 11.9. The predicted octanol–water partition coefficient (Wildman–Crippen LogP) is 4.04. The van der Waals surface area contributed by atoms with Gasteiger partial charge in [0.15, 0.2) is 11.5 Å². The maximum Gasteiger partial charge on any atom is 0.274 e. The van der Waals surface area contributed by atoms with Crippen molar-refractivity contribution in [2.45, 2.75) is 13.3 Å². The summed E-state index contributed by atoms with van der Waals surface area (Å²) < 4.78 is 24.4. The Kier molecular flexibility index (Phi) is 6.77. The molecule has 0 aliphatic heterocycles. The van der Waals surface area contributed by atoms with Crippen LogP contribution in [-0.4, -0.2) is 25.8 Å². The SMILES string of the molecule is CCCOc1c(Cl)cc(/C=N\NC(=O)c2ccccc2F)cc1OC. The average Bonchev–Trinajstić information content (AvgIpc) is 2.60. The fourth-order valence-corrected chi connectivity index (χ4v) is 2.30. The van der Waals surface area contributed by atoms with Gasteiger partial charge in [-0.1, -0.05) is 30.7 Å². The number of ether oxygens (including phenoxy) is 2. The van der Waals surface area contributed by atoms with Crippen molar-refractivity contribution in [1.82, 2.24) is 5.43 Å². The summed E-state index contributed by atoms with van der Waals surface area (Å²) in [6, 6.07) is 8.97. The lowest BCUT2D eigenvalue weighted by Crippen LogP contribution is -2.18. The molecule has 2 aromatic carbocycles. The van der Waals surface area contributed by atoms with E-state index in [0.717, 1.165) is 6.42 Å². The van der Waals surface area contributed by atoms with Crippen molar-refractivity contribution in [3.05, 3.63) is 58.4 Å². The van der Waals surface area contributed by atoms with Gasteiger partial charge in [0, 0.05) is 0 Å². The third kappa shape index (κ3) is 4.93. The van der Waals surface area contributed by atoms with Gasteiger partial charge >= 0.3 is 0 Å². The van der Waals surface area contributed by atoms with Gasteiger partial charge in [0.1, 0.15) is 5.82 Å². The zero-order chi connectivity index (χ0) is 18.2. The number of nitrogens with zero attached hydrogens (tertiary/aromatic N) is 1. The molecule has 0 atom stereocenters. The molecular formula is C18H18ClFN2O3. The number of hydrogen-bond acceptors (Lipinski definition) is 4. The average molecular weight is 365 g/mol. The molecule has 0 spiro atoms. The number of halogens is 2. The molecule has 0 radical (unpaired) electrons. The van der Waals surface area contributed by atoms with Crippen molar-refractivity contribution in [2.24, 2.45) is 5.10 Å². The molecule has 0 aliphatic rings. The van der Waals surface area contributed by atoms with Gasteiger partial charge in [-0.25, -0.2) is 9.82 Å². The minimum atomic E-state index is -0.643. The lowest BCUT2D eigenvalue weighted by molar-refractivity contribution is 0.0951. The van der Waals surface area contributed by atoms with Crippen molar-refractivity contribution in [2.75, 3.05) is 13.7 Å². The number of methoxy groups -OCH3 is 1. The van der Waals surface area contributed by atoms with E-state index >= 15 is 0 Å². The van der Waals surface area contributed by atoms with Crippen LogP contribution in [0.25, 0.3) is 0 Å². The lowest BCUT2D eigenvalue weighted by Gasteiger charge is -2.12. The molecule has 25 heavy (non-hydrogen) atoms. The van der Waals surface area contributed by atoms with Crippen LogP contribution in [0.3, 0.4) is 0 Å². The highest BCUT2D eigenvalue weighted by atomic mass is 35.5. The van der Waals surface area contributed by atoms with Crippen LogP contribution in [0.15, 0.2) is 41.5 Å². The quantitative estimate of drug-likeness (QED) is 0.595. The van der Waals surface area contributed by atoms with E-state index in [0.29, 0.717) is 28.7 Å². The highest BCUT2D eigenvalue weighted by molar-refractivity contribution is 6.32. The largest absolute Gasteiger partial charge is 0.493 e. The Balaban J connectivity index is 2.12. The normalized spacial score (nSPS) is 10.7. The molecule has 0 heterocycles. The van der Waals surface area contributed by atoms with Gasteiger partial charge in [-0.05, 0) is 36.2 Å². The summed E-state index contributed by atoms with van der Waals surface area (Å²) in [5, 5.41) is 4.19. The first-order valence-electron chi connectivity index (χ1n) is 7.65. The second-order valence-corrected chi connectivity index (χ2v) is 5.47. The topological polar surface area (TPSA) is 59.9 Å². The van der Waals surface area contributed by atoms with Gasteiger partial charge in [0.25, 0.3) is 5.91 Å².